The summed E-state index contributed by atoms with van der Waals surface area (Å²) >= 11 is 12.0. The summed E-state index contributed by atoms with van der Waals surface area (Å²) in [6.45, 7) is 0.376. The summed E-state index contributed by atoms with van der Waals surface area (Å²) in [7, 11) is 1.65. The summed E-state index contributed by atoms with van der Waals surface area (Å²) in [4.78, 5) is 4.73. The van der Waals surface area contributed by atoms with Crippen LogP contribution in [0.5, 0.6) is 11.5 Å². The van der Waals surface area contributed by atoms with E-state index in [0.29, 0.717) is 22.4 Å². The summed E-state index contributed by atoms with van der Waals surface area (Å²) in [5.74, 6) is 1.51. The third-order valence-corrected chi connectivity index (χ3v) is 4.95. The normalized spacial score (nSPS) is 10.9. The monoisotopic (exact) mass is 398 g/mol. The van der Waals surface area contributed by atoms with Crippen molar-refractivity contribution in [3.63, 3.8) is 0 Å². The van der Waals surface area contributed by atoms with Gasteiger partial charge in [0.15, 0.2) is 11.4 Å². The van der Waals surface area contributed by atoms with Crippen LogP contribution in [0, 0.1) is 0 Å². The van der Waals surface area contributed by atoms with E-state index in [1.165, 1.54) is 0 Å². The number of rotatable bonds is 5. The average molecular weight is 399 g/mol. The van der Waals surface area contributed by atoms with Crippen molar-refractivity contribution in [1.82, 2.24) is 9.38 Å². The second-order valence-corrected chi connectivity index (χ2v) is 6.81. The molecule has 2 heterocycles. The molecule has 6 heteroatoms. The van der Waals surface area contributed by atoms with Crippen LogP contribution in [0.3, 0.4) is 0 Å². The first-order chi connectivity index (χ1) is 13.1. The van der Waals surface area contributed by atoms with Crippen molar-refractivity contribution in [2.75, 3.05) is 7.11 Å². The van der Waals surface area contributed by atoms with Gasteiger partial charge in [0, 0.05) is 18.0 Å². The highest BCUT2D eigenvalue weighted by molar-refractivity contribution is 6.42. The van der Waals surface area contributed by atoms with Gasteiger partial charge in [-0.25, -0.2) is 4.98 Å². The second-order valence-electron chi connectivity index (χ2n) is 6.00. The molecule has 2 aromatic carbocycles. The smallest absolute Gasteiger partial charge is 0.180 e. The van der Waals surface area contributed by atoms with Crippen LogP contribution in [0.15, 0.2) is 67.0 Å². The largest absolute Gasteiger partial charge is 0.497 e. The Hall–Kier alpha value is -2.69. The van der Waals surface area contributed by atoms with E-state index in [9.17, 15) is 0 Å². The lowest BCUT2D eigenvalue weighted by Crippen LogP contribution is -1.97. The zero-order valence-corrected chi connectivity index (χ0v) is 16.0. The molecule has 0 aliphatic rings. The maximum absolute atomic E-state index is 6.07. The molecule has 0 aliphatic carbocycles. The van der Waals surface area contributed by atoms with E-state index < -0.39 is 0 Å². The Morgan fingerprint density at radius 1 is 1.00 bits per heavy atom. The summed E-state index contributed by atoms with van der Waals surface area (Å²) in [5, 5.41) is 1.04. The van der Waals surface area contributed by atoms with Crippen LogP contribution < -0.4 is 9.47 Å². The third kappa shape index (κ3) is 3.72. The molecule has 4 rings (SSSR count). The second kappa shape index (κ2) is 7.51. The fraction of sp³-hybridized carbons (Fsp3) is 0.0952. The molecule has 0 saturated carbocycles. The van der Waals surface area contributed by atoms with E-state index in [2.05, 4.69) is 0 Å². The molecular formula is C21H16Cl2N2O2. The van der Waals surface area contributed by atoms with Gasteiger partial charge in [-0.15, -0.1) is 0 Å². The Kier molecular flexibility index (Phi) is 4.92. The molecule has 4 aromatic rings. The molecule has 0 aliphatic heterocycles. The molecule has 0 saturated heterocycles. The lowest BCUT2D eigenvalue weighted by molar-refractivity contribution is 0.308. The molecule has 4 nitrogen and oxygen atoms in total. The van der Waals surface area contributed by atoms with Crippen molar-refractivity contribution in [2.45, 2.75) is 6.61 Å². The number of nitrogens with zero attached hydrogens (tertiary/aromatic N) is 2. The van der Waals surface area contributed by atoms with Crippen molar-refractivity contribution in [3.8, 4) is 22.8 Å². The molecule has 0 spiro atoms. The van der Waals surface area contributed by atoms with E-state index >= 15 is 0 Å². The van der Waals surface area contributed by atoms with Gasteiger partial charge in [-0.05, 0) is 54.1 Å². The lowest BCUT2D eigenvalue weighted by atomic mass is 10.2. The summed E-state index contributed by atoms with van der Waals surface area (Å²) in [6.07, 6.45) is 3.92. The number of hydrogen-bond donors (Lipinski definition) is 0. The number of hydrogen-bond acceptors (Lipinski definition) is 3. The van der Waals surface area contributed by atoms with E-state index in [1.807, 2.05) is 59.3 Å². The van der Waals surface area contributed by atoms with Crippen molar-refractivity contribution in [3.05, 3.63) is 82.6 Å². The van der Waals surface area contributed by atoms with Crippen LogP contribution in [0.25, 0.3) is 16.9 Å². The summed E-state index contributed by atoms with van der Waals surface area (Å²) < 4.78 is 13.1. The Labute approximate surface area is 166 Å². The van der Waals surface area contributed by atoms with Gasteiger partial charge in [-0.3, -0.25) is 0 Å². The zero-order chi connectivity index (χ0) is 18.8. The summed E-state index contributed by atoms with van der Waals surface area (Å²) in [5.41, 5.74) is 3.56. The molecular weight excluding hydrogens is 383 g/mol. The Bertz CT molecular complexity index is 1090. The van der Waals surface area contributed by atoms with Crippen molar-refractivity contribution in [1.29, 1.82) is 0 Å². The van der Waals surface area contributed by atoms with Crippen LogP contribution in [0.1, 0.15) is 5.56 Å². The number of pyridine rings is 1. The van der Waals surface area contributed by atoms with Gasteiger partial charge in [-0.1, -0.05) is 29.3 Å². The fourth-order valence-electron chi connectivity index (χ4n) is 2.79. The van der Waals surface area contributed by atoms with Gasteiger partial charge in [0.2, 0.25) is 0 Å². The molecule has 0 unspecified atom stereocenters. The van der Waals surface area contributed by atoms with Gasteiger partial charge < -0.3 is 13.9 Å². The number of methoxy groups -OCH3 is 1. The van der Waals surface area contributed by atoms with Gasteiger partial charge >= 0.3 is 0 Å². The average Bonchev–Trinajstić information content (AvgIpc) is 3.14. The quantitative estimate of drug-likeness (QED) is 0.420. The first-order valence-electron chi connectivity index (χ1n) is 8.33. The minimum atomic E-state index is 0.376. The number of fused-ring (bicyclic) bond motifs is 1. The van der Waals surface area contributed by atoms with Gasteiger partial charge in [-0.2, -0.15) is 0 Å². The predicted molar refractivity (Wildman–Crippen MR) is 108 cm³/mol. The highest BCUT2D eigenvalue weighted by Gasteiger charge is 2.10. The van der Waals surface area contributed by atoms with Crippen molar-refractivity contribution >= 4 is 28.8 Å². The molecule has 0 N–H and O–H groups in total. The van der Waals surface area contributed by atoms with Crippen LogP contribution in [0.4, 0.5) is 0 Å². The Morgan fingerprint density at radius 2 is 1.81 bits per heavy atom. The number of imidazole rings is 1. The molecule has 0 amide bonds. The Morgan fingerprint density at radius 3 is 2.56 bits per heavy atom. The first-order valence-corrected chi connectivity index (χ1v) is 9.08. The maximum atomic E-state index is 6.07. The number of ether oxygens (including phenoxy) is 2. The zero-order valence-electron chi connectivity index (χ0n) is 14.5. The number of halogens is 2. The lowest BCUT2D eigenvalue weighted by Gasteiger charge is -2.08. The topological polar surface area (TPSA) is 35.8 Å². The van der Waals surface area contributed by atoms with Gasteiger partial charge in [0.25, 0.3) is 0 Å². The standard InChI is InChI=1S/C21H16Cl2N2O2/c1-26-16-7-5-15(6-8-16)19-12-25-10-2-3-20(21(25)24-19)27-13-14-4-9-17(22)18(23)11-14/h2-12H,13H2,1H3. The highest BCUT2D eigenvalue weighted by atomic mass is 35.5. The molecule has 0 radical (unpaired) electrons. The third-order valence-electron chi connectivity index (χ3n) is 4.21. The van der Waals surface area contributed by atoms with Crippen molar-refractivity contribution < 1.29 is 9.47 Å². The maximum Gasteiger partial charge on any atom is 0.180 e. The number of benzene rings is 2. The van der Waals surface area contributed by atoms with E-state index in [0.717, 1.165) is 28.2 Å². The SMILES string of the molecule is COc1ccc(-c2cn3cccc(OCc4ccc(Cl)c(Cl)c4)c3n2)cc1. The fourth-order valence-corrected chi connectivity index (χ4v) is 3.11. The minimum absolute atomic E-state index is 0.376. The van der Waals surface area contributed by atoms with E-state index in [4.69, 9.17) is 37.7 Å². The van der Waals surface area contributed by atoms with Crippen LogP contribution in [-0.2, 0) is 6.61 Å². The van der Waals surface area contributed by atoms with Gasteiger partial charge in [0.1, 0.15) is 12.4 Å². The van der Waals surface area contributed by atoms with Crippen molar-refractivity contribution in [2.24, 2.45) is 0 Å². The highest BCUT2D eigenvalue weighted by Crippen LogP contribution is 2.27. The predicted octanol–water partition coefficient (Wildman–Crippen LogP) is 5.90. The molecule has 136 valence electrons. The van der Waals surface area contributed by atoms with E-state index in [-0.39, 0.29) is 0 Å². The molecule has 0 atom stereocenters. The van der Waals surface area contributed by atoms with E-state index in [1.54, 1.807) is 19.2 Å². The first kappa shape index (κ1) is 17.7. The van der Waals surface area contributed by atoms with Gasteiger partial charge in [0.05, 0.1) is 22.8 Å². The molecule has 0 fully saturated rings. The van der Waals surface area contributed by atoms with Crippen LogP contribution >= 0.6 is 23.2 Å². The Balaban J connectivity index is 1.61. The van der Waals surface area contributed by atoms with Crippen LogP contribution in [0.2, 0.25) is 10.0 Å². The molecule has 0 bridgehead atoms. The minimum Gasteiger partial charge on any atom is -0.497 e. The summed E-state index contributed by atoms with van der Waals surface area (Å²) in [6, 6.07) is 17.1. The molecule has 27 heavy (non-hydrogen) atoms. The number of aromatic nitrogens is 2. The van der Waals surface area contributed by atoms with Crippen LogP contribution in [-0.4, -0.2) is 16.5 Å². The molecule has 2 aromatic heterocycles.